The summed E-state index contributed by atoms with van der Waals surface area (Å²) in [6.45, 7) is 0. The van der Waals surface area contributed by atoms with E-state index in [1.807, 2.05) is 28.9 Å². The molecule has 3 nitrogen and oxygen atoms in total. The summed E-state index contributed by atoms with van der Waals surface area (Å²) in [5, 5.41) is 2.26. The molecule has 0 aliphatic rings. The number of hydrogen-bond donors (Lipinski definition) is 0. The fraction of sp³-hybridized carbons (Fsp3) is 0. The summed E-state index contributed by atoms with van der Waals surface area (Å²) in [5.41, 5.74) is 1.61. The van der Waals surface area contributed by atoms with E-state index in [9.17, 15) is 8.78 Å². The molecule has 28 heavy (non-hydrogen) atoms. The largest absolute Gasteiger partial charge is 2.00 e. The maximum Gasteiger partial charge on any atom is 2.00 e. The van der Waals surface area contributed by atoms with Crippen molar-refractivity contribution in [3.8, 4) is 11.3 Å². The average Bonchev–Trinajstić information content (AvgIpc) is 3.19. The number of nitrogens with zero attached hydrogens (tertiary/aromatic N) is 3. The molecule has 0 amide bonds. The van der Waals surface area contributed by atoms with Gasteiger partial charge in [-0.1, -0.05) is 29.8 Å². The average molecular weight is 552 g/mol. The number of aromatic nitrogens is 3. The van der Waals surface area contributed by atoms with E-state index in [1.54, 1.807) is 30.6 Å². The van der Waals surface area contributed by atoms with Crippen LogP contribution in [-0.2, 0) is 21.1 Å². The van der Waals surface area contributed by atoms with Gasteiger partial charge in [-0.05, 0) is 18.0 Å². The number of fused-ring (bicyclic) bond motifs is 3. The van der Waals surface area contributed by atoms with Gasteiger partial charge in [0.15, 0.2) is 0 Å². The van der Waals surface area contributed by atoms with Gasteiger partial charge in [0.1, 0.15) is 0 Å². The molecule has 5 rings (SSSR count). The summed E-state index contributed by atoms with van der Waals surface area (Å²) < 4.78 is 27.8. The molecule has 0 spiro atoms. The first-order chi connectivity index (χ1) is 13.2. The Hall–Kier alpha value is -2.91. The van der Waals surface area contributed by atoms with Gasteiger partial charge in [0, 0.05) is 30.2 Å². The predicted octanol–water partition coefficient (Wildman–Crippen LogP) is 5.11. The van der Waals surface area contributed by atoms with Gasteiger partial charge in [-0.25, -0.2) is 0 Å². The van der Waals surface area contributed by atoms with Crippen LogP contribution in [0.15, 0.2) is 79.4 Å². The zero-order valence-corrected chi connectivity index (χ0v) is 16.7. The van der Waals surface area contributed by atoms with E-state index in [1.165, 1.54) is 5.39 Å². The van der Waals surface area contributed by atoms with Gasteiger partial charge in [0.2, 0.25) is 0 Å². The van der Waals surface area contributed by atoms with Gasteiger partial charge in [0.05, 0.1) is 5.65 Å². The van der Waals surface area contributed by atoms with Crippen LogP contribution in [0.5, 0.6) is 0 Å². The zero-order chi connectivity index (χ0) is 18.6. The molecule has 3 aromatic heterocycles. The quantitative estimate of drug-likeness (QED) is 0.271. The monoisotopic (exact) mass is 552 g/mol. The second-order valence-electron chi connectivity index (χ2n) is 5.73. The van der Waals surface area contributed by atoms with Crippen LogP contribution >= 0.6 is 0 Å². The van der Waals surface area contributed by atoms with E-state index < -0.39 is 11.6 Å². The van der Waals surface area contributed by atoms with Crippen molar-refractivity contribution in [3.63, 3.8) is 0 Å². The van der Waals surface area contributed by atoms with Crippen molar-refractivity contribution in [2.75, 3.05) is 0 Å². The summed E-state index contributed by atoms with van der Waals surface area (Å²) in [6.07, 6.45) is 7.30. The van der Waals surface area contributed by atoms with Gasteiger partial charge < -0.3 is 9.38 Å². The molecule has 3 heterocycles. The van der Waals surface area contributed by atoms with Crippen LogP contribution in [0.4, 0.5) is 8.78 Å². The third kappa shape index (κ3) is 4.15. The Morgan fingerprint density at radius 3 is 2.57 bits per heavy atom. The van der Waals surface area contributed by atoms with Crippen molar-refractivity contribution >= 4 is 16.4 Å². The first kappa shape index (κ1) is 19.8. The molecule has 0 fully saturated rings. The Morgan fingerprint density at radius 2 is 1.79 bits per heavy atom. The number of hydrogen-bond acceptors (Lipinski definition) is 2. The van der Waals surface area contributed by atoms with Crippen LogP contribution in [0.3, 0.4) is 0 Å². The van der Waals surface area contributed by atoms with Crippen molar-refractivity contribution in [1.29, 1.82) is 0 Å². The molecule has 0 aliphatic carbocycles. The molecular weight excluding hydrogens is 539 g/mol. The number of rotatable bonds is 1. The third-order valence-corrected chi connectivity index (χ3v) is 3.97. The normalized spacial score (nSPS) is 10.2. The molecule has 5 aromatic rings. The summed E-state index contributed by atoms with van der Waals surface area (Å²) in [5.74, 6) is -1.29. The Bertz CT molecular complexity index is 1210. The second-order valence-corrected chi connectivity index (χ2v) is 5.73. The topological polar surface area (TPSA) is 30.2 Å². The molecule has 140 valence electrons. The molecule has 0 saturated carbocycles. The van der Waals surface area contributed by atoms with Crippen LogP contribution in [0, 0.1) is 23.8 Å². The molecule has 2 aromatic carbocycles. The Morgan fingerprint density at radius 1 is 0.893 bits per heavy atom. The van der Waals surface area contributed by atoms with Crippen molar-refractivity contribution in [1.82, 2.24) is 14.4 Å². The van der Waals surface area contributed by atoms with Crippen molar-refractivity contribution < 1.29 is 29.8 Å². The Kier molecular flexibility index (Phi) is 6.27. The zero-order valence-electron chi connectivity index (χ0n) is 14.4. The van der Waals surface area contributed by atoms with Gasteiger partial charge >= 0.3 is 21.1 Å². The molecular formula is C22H13F2N3Pt. The number of imidazole rings is 1. The molecule has 0 unspecified atom stereocenters. The standard InChI is InChI=1S/C11H6F2N.C11H7N2.Pt/c12-8-4-5-9(10(13)7-8)11-3-1-2-6-14-11;1-2-4-10-9(3-1)5-7-13-8-6-12-11(10)13;/h1-4,6-7H;1-3,5-8H;/q2*-1;+2. The first-order valence-electron chi connectivity index (χ1n) is 8.22. The van der Waals surface area contributed by atoms with E-state index in [0.29, 0.717) is 5.69 Å². The van der Waals surface area contributed by atoms with Crippen molar-refractivity contribution in [2.24, 2.45) is 0 Å². The maximum absolute atomic E-state index is 13.2. The van der Waals surface area contributed by atoms with E-state index in [0.717, 1.165) is 23.2 Å². The van der Waals surface area contributed by atoms with E-state index in [4.69, 9.17) is 0 Å². The molecule has 0 radical (unpaired) electrons. The molecule has 0 bridgehead atoms. The summed E-state index contributed by atoms with van der Waals surface area (Å²) in [4.78, 5) is 8.22. The molecule has 6 heteroatoms. The molecule has 0 saturated heterocycles. The van der Waals surface area contributed by atoms with Gasteiger partial charge in [-0.2, -0.15) is 0 Å². The minimum absolute atomic E-state index is 0. The van der Waals surface area contributed by atoms with Gasteiger partial charge in [-0.15, -0.1) is 47.2 Å². The number of pyridine rings is 2. The van der Waals surface area contributed by atoms with E-state index >= 15 is 0 Å². The van der Waals surface area contributed by atoms with Crippen LogP contribution in [-0.4, -0.2) is 14.4 Å². The van der Waals surface area contributed by atoms with Crippen LogP contribution in [0.1, 0.15) is 0 Å². The predicted molar refractivity (Wildman–Crippen MR) is 100.0 cm³/mol. The second kappa shape index (κ2) is 8.85. The summed E-state index contributed by atoms with van der Waals surface area (Å²) in [7, 11) is 0. The first-order valence-corrected chi connectivity index (χ1v) is 8.22. The smallest absolute Gasteiger partial charge is 0.347 e. The van der Waals surface area contributed by atoms with Crippen molar-refractivity contribution in [3.05, 3.63) is 103 Å². The van der Waals surface area contributed by atoms with Crippen LogP contribution in [0.25, 0.3) is 27.7 Å². The fourth-order valence-corrected chi connectivity index (χ4v) is 2.72. The number of halogens is 2. The maximum atomic E-state index is 13.2. The van der Waals surface area contributed by atoms with Gasteiger partial charge in [0.25, 0.3) is 0 Å². The van der Waals surface area contributed by atoms with Crippen LogP contribution < -0.4 is 0 Å². The summed E-state index contributed by atoms with van der Waals surface area (Å²) >= 11 is 0. The van der Waals surface area contributed by atoms with E-state index in [-0.39, 0.29) is 26.6 Å². The van der Waals surface area contributed by atoms with E-state index in [2.05, 4.69) is 34.2 Å². The fourth-order valence-electron chi connectivity index (χ4n) is 2.72. The van der Waals surface area contributed by atoms with Crippen LogP contribution in [0.2, 0.25) is 0 Å². The van der Waals surface area contributed by atoms with Crippen molar-refractivity contribution in [2.45, 2.75) is 0 Å². The SMILES string of the molecule is Fc1c[c-]c(-c2ccccn2)c(F)c1.[Pt+2].[c-]1cccc2ccn3ccnc3c12. The Labute approximate surface area is 175 Å². The third-order valence-electron chi connectivity index (χ3n) is 3.97. The molecule has 0 atom stereocenters. The minimum Gasteiger partial charge on any atom is -0.347 e. The Balaban J connectivity index is 0.000000155. The van der Waals surface area contributed by atoms with Gasteiger partial charge in [-0.3, -0.25) is 13.8 Å². The molecule has 0 N–H and O–H groups in total. The minimum atomic E-state index is -0.649. The number of benzene rings is 2. The molecule has 0 aliphatic heterocycles. The summed E-state index contributed by atoms with van der Waals surface area (Å²) in [6, 6.07) is 20.8.